The Bertz CT molecular complexity index is 771. The van der Waals surface area contributed by atoms with Crippen molar-refractivity contribution in [2.45, 2.75) is 31.7 Å². The van der Waals surface area contributed by atoms with Crippen LogP contribution in [0.1, 0.15) is 24.5 Å². The van der Waals surface area contributed by atoms with Crippen LogP contribution in [0.25, 0.3) is 5.69 Å². The number of ether oxygens (including phenoxy) is 1. The van der Waals surface area contributed by atoms with Crippen LogP contribution in [0.4, 0.5) is 0 Å². The van der Waals surface area contributed by atoms with Crippen LogP contribution in [0.5, 0.6) is 5.75 Å². The molecule has 1 saturated heterocycles. The smallest absolute Gasteiger partial charge is 0.225 e. The van der Waals surface area contributed by atoms with Gasteiger partial charge in [-0.3, -0.25) is 9.59 Å². The van der Waals surface area contributed by atoms with Gasteiger partial charge in [-0.1, -0.05) is 12.1 Å². The summed E-state index contributed by atoms with van der Waals surface area (Å²) in [7, 11) is 1.58. The van der Waals surface area contributed by atoms with Crippen LogP contribution in [0.15, 0.2) is 24.3 Å². The largest absolute Gasteiger partial charge is 0.494 e. The molecule has 1 aliphatic rings. The third kappa shape index (κ3) is 3.37. The minimum atomic E-state index is -0.493. The summed E-state index contributed by atoms with van der Waals surface area (Å²) in [5, 5.41) is 7.32. The van der Waals surface area contributed by atoms with Crippen LogP contribution in [0.2, 0.25) is 0 Å². The summed E-state index contributed by atoms with van der Waals surface area (Å²) >= 11 is 0. The Balaban J connectivity index is 1.97. The molecule has 126 valence electrons. The Kier molecular flexibility index (Phi) is 4.45. The minimum Gasteiger partial charge on any atom is -0.494 e. The zero-order chi connectivity index (χ0) is 17.1. The molecule has 2 heterocycles. The molecule has 3 rings (SSSR count). The summed E-state index contributed by atoms with van der Waals surface area (Å²) in [6.07, 6.45) is 1.76. The highest BCUT2D eigenvalue weighted by atomic mass is 16.5. The quantitative estimate of drug-likeness (QED) is 0.782. The second kappa shape index (κ2) is 6.69. The molecular formula is C16H19N5O3. The molecule has 8 heteroatoms. The molecule has 3 N–H and O–H groups in total. The van der Waals surface area contributed by atoms with Crippen molar-refractivity contribution in [3.8, 4) is 11.4 Å². The zero-order valence-corrected chi connectivity index (χ0v) is 13.4. The van der Waals surface area contributed by atoms with Gasteiger partial charge in [0.15, 0.2) is 5.82 Å². The lowest BCUT2D eigenvalue weighted by Crippen LogP contribution is -2.28. The molecule has 1 atom stereocenters. The SMILES string of the molecule is COc1ccccc1-n1nc(CC(N)=O)nc1C[C@H]1CCC(=O)N1. The third-order valence-electron chi connectivity index (χ3n) is 3.88. The minimum absolute atomic E-state index is 0.0107. The second-order valence-electron chi connectivity index (χ2n) is 5.68. The van der Waals surface area contributed by atoms with E-state index in [1.165, 1.54) is 0 Å². The Morgan fingerprint density at radius 2 is 2.25 bits per heavy atom. The van der Waals surface area contributed by atoms with Crippen molar-refractivity contribution in [3.63, 3.8) is 0 Å². The molecule has 0 aliphatic carbocycles. The third-order valence-corrected chi connectivity index (χ3v) is 3.88. The molecular weight excluding hydrogens is 310 g/mol. The second-order valence-corrected chi connectivity index (χ2v) is 5.68. The van der Waals surface area contributed by atoms with Gasteiger partial charge < -0.3 is 15.8 Å². The van der Waals surface area contributed by atoms with Crippen molar-refractivity contribution < 1.29 is 14.3 Å². The van der Waals surface area contributed by atoms with Gasteiger partial charge in [-0.25, -0.2) is 9.67 Å². The van der Waals surface area contributed by atoms with Crippen molar-refractivity contribution in [2.75, 3.05) is 7.11 Å². The van der Waals surface area contributed by atoms with E-state index in [1.54, 1.807) is 11.8 Å². The van der Waals surface area contributed by atoms with E-state index in [9.17, 15) is 9.59 Å². The molecule has 1 aliphatic heterocycles. The van der Waals surface area contributed by atoms with E-state index in [0.29, 0.717) is 30.2 Å². The van der Waals surface area contributed by atoms with Crippen LogP contribution in [-0.2, 0) is 22.4 Å². The average Bonchev–Trinajstić information content (AvgIpc) is 3.13. The van der Waals surface area contributed by atoms with Crippen molar-refractivity contribution >= 4 is 11.8 Å². The van der Waals surface area contributed by atoms with Gasteiger partial charge in [0.25, 0.3) is 0 Å². The maximum atomic E-state index is 11.4. The average molecular weight is 329 g/mol. The zero-order valence-electron chi connectivity index (χ0n) is 13.4. The lowest BCUT2D eigenvalue weighted by atomic mass is 10.1. The molecule has 2 amide bonds. The van der Waals surface area contributed by atoms with E-state index in [4.69, 9.17) is 10.5 Å². The Morgan fingerprint density at radius 3 is 2.92 bits per heavy atom. The first-order chi connectivity index (χ1) is 11.6. The predicted molar refractivity (Wildman–Crippen MR) is 85.7 cm³/mol. The number of rotatable bonds is 6. The lowest BCUT2D eigenvalue weighted by molar-refractivity contribution is -0.119. The summed E-state index contributed by atoms with van der Waals surface area (Å²) in [6.45, 7) is 0. The number of hydrogen-bond acceptors (Lipinski definition) is 5. The van der Waals surface area contributed by atoms with Crippen molar-refractivity contribution in [2.24, 2.45) is 5.73 Å². The maximum absolute atomic E-state index is 11.4. The number of para-hydroxylation sites is 2. The van der Waals surface area contributed by atoms with Gasteiger partial charge in [0.1, 0.15) is 17.3 Å². The number of nitrogens with one attached hydrogen (secondary N) is 1. The van der Waals surface area contributed by atoms with Gasteiger partial charge in [0, 0.05) is 18.9 Å². The molecule has 24 heavy (non-hydrogen) atoms. The number of aromatic nitrogens is 3. The van der Waals surface area contributed by atoms with Gasteiger partial charge >= 0.3 is 0 Å². The van der Waals surface area contributed by atoms with E-state index in [-0.39, 0.29) is 18.4 Å². The first kappa shape index (κ1) is 16.0. The summed E-state index contributed by atoms with van der Waals surface area (Å²) in [5.41, 5.74) is 5.98. The van der Waals surface area contributed by atoms with E-state index in [1.807, 2.05) is 24.3 Å². The molecule has 0 spiro atoms. The van der Waals surface area contributed by atoms with Crippen LogP contribution in [0, 0.1) is 0 Å². The predicted octanol–water partition coefficient (Wildman–Crippen LogP) is 0.125. The van der Waals surface area contributed by atoms with E-state index in [2.05, 4.69) is 15.4 Å². The fourth-order valence-electron chi connectivity index (χ4n) is 2.80. The van der Waals surface area contributed by atoms with E-state index < -0.39 is 5.91 Å². The standard InChI is InChI=1S/C16H19N5O3/c1-24-12-5-3-2-4-11(12)21-15(8-10-6-7-16(23)18-10)19-14(20-21)9-13(17)22/h2-5,10H,6-9H2,1H3,(H2,17,22)(H,18,23)/t10-/m1/s1. The number of benzene rings is 1. The Hall–Kier alpha value is -2.90. The van der Waals surface area contributed by atoms with E-state index in [0.717, 1.165) is 12.1 Å². The normalized spacial score (nSPS) is 16.9. The van der Waals surface area contributed by atoms with Gasteiger partial charge in [-0.05, 0) is 18.6 Å². The maximum Gasteiger partial charge on any atom is 0.225 e. The highest BCUT2D eigenvalue weighted by Gasteiger charge is 2.25. The number of carbonyl (C=O) groups is 2. The highest BCUT2D eigenvalue weighted by molar-refractivity contribution is 5.78. The van der Waals surface area contributed by atoms with Gasteiger partial charge in [0.2, 0.25) is 11.8 Å². The Morgan fingerprint density at radius 1 is 1.46 bits per heavy atom. The Labute approximate surface area is 139 Å². The molecule has 0 radical (unpaired) electrons. The van der Waals surface area contributed by atoms with E-state index >= 15 is 0 Å². The van der Waals surface area contributed by atoms with Crippen molar-refractivity contribution in [1.82, 2.24) is 20.1 Å². The number of amides is 2. The first-order valence-electron chi connectivity index (χ1n) is 7.72. The summed E-state index contributed by atoms with van der Waals surface area (Å²) in [4.78, 5) is 27.0. The number of methoxy groups -OCH3 is 1. The molecule has 1 aromatic carbocycles. The molecule has 0 unspecified atom stereocenters. The number of carbonyl (C=O) groups excluding carboxylic acids is 2. The van der Waals surface area contributed by atoms with Crippen LogP contribution in [0.3, 0.4) is 0 Å². The van der Waals surface area contributed by atoms with Crippen LogP contribution in [-0.4, -0.2) is 39.7 Å². The summed E-state index contributed by atoms with van der Waals surface area (Å²) in [5.74, 6) is 1.20. The van der Waals surface area contributed by atoms with Crippen LogP contribution >= 0.6 is 0 Å². The van der Waals surface area contributed by atoms with Crippen molar-refractivity contribution in [3.05, 3.63) is 35.9 Å². The number of primary amides is 1. The lowest BCUT2D eigenvalue weighted by Gasteiger charge is -2.13. The molecule has 0 bridgehead atoms. The first-order valence-corrected chi connectivity index (χ1v) is 7.72. The monoisotopic (exact) mass is 329 g/mol. The van der Waals surface area contributed by atoms with Crippen molar-refractivity contribution in [1.29, 1.82) is 0 Å². The number of nitrogens with zero attached hydrogens (tertiary/aromatic N) is 3. The molecule has 2 aromatic rings. The van der Waals surface area contributed by atoms with Gasteiger partial charge in [-0.2, -0.15) is 5.10 Å². The molecule has 1 fully saturated rings. The molecule has 8 nitrogen and oxygen atoms in total. The fourth-order valence-corrected chi connectivity index (χ4v) is 2.80. The molecule has 0 saturated carbocycles. The van der Waals surface area contributed by atoms with Gasteiger partial charge in [0.05, 0.1) is 13.5 Å². The fraction of sp³-hybridized carbons (Fsp3) is 0.375. The summed E-state index contributed by atoms with van der Waals surface area (Å²) in [6, 6.07) is 7.43. The summed E-state index contributed by atoms with van der Waals surface area (Å²) < 4.78 is 7.04. The highest BCUT2D eigenvalue weighted by Crippen LogP contribution is 2.24. The van der Waals surface area contributed by atoms with Crippen LogP contribution < -0.4 is 15.8 Å². The number of nitrogens with two attached hydrogens (primary N) is 1. The topological polar surface area (TPSA) is 112 Å². The van der Waals surface area contributed by atoms with Gasteiger partial charge in [-0.15, -0.1) is 0 Å². The molecule has 1 aromatic heterocycles. The number of hydrogen-bond donors (Lipinski definition) is 2.